The highest BCUT2D eigenvalue weighted by molar-refractivity contribution is 7.92. The maximum absolute atomic E-state index is 12.7. The van der Waals surface area contributed by atoms with Crippen LogP contribution in [0.15, 0.2) is 77.7 Å². The zero-order valence-electron chi connectivity index (χ0n) is 13.7. The summed E-state index contributed by atoms with van der Waals surface area (Å²) >= 11 is 0. The Bertz CT molecular complexity index is 947. The molecule has 0 amide bonds. The van der Waals surface area contributed by atoms with Gasteiger partial charge in [0.05, 0.1) is 10.6 Å². The van der Waals surface area contributed by atoms with E-state index in [1.165, 1.54) is 0 Å². The van der Waals surface area contributed by atoms with Gasteiger partial charge in [-0.2, -0.15) is 0 Å². The molecule has 0 saturated carbocycles. The fraction of sp³-hybridized carbons (Fsp3) is 0.100. The molecule has 24 heavy (non-hydrogen) atoms. The molecule has 0 aromatic heterocycles. The van der Waals surface area contributed by atoms with Crippen LogP contribution in [0.25, 0.3) is 11.1 Å². The summed E-state index contributed by atoms with van der Waals surface area (Å²) in [6, 6.07) is 22.4. The molecule has 0 saturated heterocycles. The molecular formula is C20H19NO2S. The van der Waals surface area contributed by atoms with Crippen LogP contribution in [0.1, 0.15) is 11.1 Å². The number of sulfonamides is 1. The lowest BCUT2D eigenvalue weighted by Gasteiger charge is -2.15. The zero-order valence-corrected chi connectivity index (χ0v) is 14.5. The molecule has 122 valence electrons. The Hall–Kier alpha value is -2.59. The molecule has 0 unspecified atom stereocenters. The number of anilines is 1. The van der Waals surface area contributed by atoms with E-state index in [4.69, 9.17) is 0 Å². The highest BCUT2D eigenvalue weighted by atomic mass is 32.2. The van der Waals surface area contributed by atoms with E-state index in [1.807, 2.05) is 62.4 Å². The van der Waals surface area contributed by atoms with Gasteiger partial charge in [-0.15, -0.1) is 0 Å². The number of hydrogen-bond acceptors (Lipinski definition) is 2. The van der Waals surface area contributed by atoms with E-state index in [9.17, 15) is 8.42 Å². The van der Waals surface area contributed by atoms with Gasteiger partial charge in [-0.25, -0.2) is 8.42 Å². The Balaban J connectivity index is 2.06. The van der Waals surface area contributed by atoms with E-state index in [0.29, 0.717) is 5.69 Å². The van der Waals surface area contributed by atoms with Crippen molar-refractivity contribution < 1.29 is 8.42 Å². The maximum Gasteiger partial charge on any atom is 0.261 e. The largest absolute Gasteiger partial charge is 0.279 e. The molecule has 0 bridgehead atoms. The van der Waals surface area contributed by atoms with Gasteiger partial charge < -0.3 is 0 Å². The van der Waals surface area contributed by atoms with E-state index in [0.717, 1.165) is 22.3 Å². The monoisotopic (exact) mass is 337 g/mol. The van der Waals surface area contributed by atoms with Crippen molar-refractivity contribution in [3.63, 3.8) is 0 Å². The molecule has 0 spiro atoms. The van der Waals surface area contributed by atoms with Crippen molar-refractivity contribution in [3.8, 4) is 11.1 Å². The second kappa shape index (κ2) is 6.49. The van der Waals surface area contributed by atoms with Crippen molar-refractivity contribution in [2.24, 2.45) is 0 Å². The van der Waals surface area contributed by atoms with Crippen molar-refractivity contribution in [1.82, 2.24) is 0 Å². The lowest BCUT2D eigenvalue weighted by molar-refractivity contribution is 0.601. The highest BCUT2D eigenvalue weighted by Gasteiger charge is 2.17. The number of aryl methyl sites for hydroxylation is 2. The smallest absolute Gasteiger partial charge is 0.261 e. The molecule has 0 aliphatic rings. The van der Waals surface area contributed by atoms with Crippen LogP contribution in [-0.4, -0.2) is 8.42 Å². The molecular weight excluding hydrogens is 318 g/mol. The van der Waals surface area contributed by atoms with Crippen LogP contribution in [0.5, 0.6) is 0 Å². The highest BCUT2D eigenvalue weighted by Crippen LogP contribution is 2.32. The Morgan fingerprint density at radius 3 is 2.08 bits per heavy atom. The summed E-state index contributed by atoms with van der Waals surface area (Å²) in [5, 5.41) is 0. The third-order valence-electron chi connectivity index (χ3n) is 3.93. The van der Waals surface area contributed by atoms with E-state index in [-0.39, 0.29) is 4.90 Å². The molecule has 0 aliphatic heterocycles. The average molecular weight is 337 g/mol. The summed E-state index contributed by atoms with van der Waals surface area (Å²) < 4.78 is 28.2. The molecule has 0 radical (unpaired) electrons. The van der Waals surface area contributed by atoms with Gasteiger partial charge in [-0.1, -0.05) is 66.2 Å². The summed E-state index contributed by atoms with van der Waals surface area (Å²) in [5.74, 6) is 0. The van der Waals surface area contributed by atoms with Crippen LogP contribution in [0, 0.1) is 13.8 Å². The summed E-state index contributed by atoms with van der Waals surface area (Å²) in [6.45, 7) is 3.83. The Morgan fingerprint density at radius 2 is 1.42 bits per heavy atom. The van der Waals surface area contributed by atoms with E-state index < -0.39 is 10.0 Å². The first-order valence-electron chi connectivity index (χ1n) is 7.72. The molecule has 0 atom stereocenters. The molecule has 0 fully saturated rings. The summed E-state index contributed by atoms with van der Waals surface area (Å²) in [6.07, 6.45) is 0. The Kier molecular flexibility index (Phi) is 4.40. The lowest BCUT2D eigenvalue weighted by Crippen LogP contribution is -2.14. The molecule has 0 aliphatic carbocycles. The Labute approximate surface area is 143 Å². The SMILES string of the molecule is Cc1ccc(S(=O)(=O)Nc2c(C)cccc2-c2ccccc2)cc1. The van der Waals surface area contributed by atoms with Crippen LogP contribution in [0.2, 0.25) is 0 Å². The fourth-order valence-corrected chi connectivity index (χ4v) is 3.72. The summed E-state index contributed by atoms with van der Waals surface area (Å²) in [4.78, 5) is 0.260. The van der Waals surface area contributed by atoms with Crippen LogP contribution in [0.3, 0.4) is 0 Å². The van der Waals surface area contributed by atoms with E-state index in [2.05, 4.69) is 4.72 Å². The fourth-order valence-electron chi connectivity index (χ4n) is 2.57. The number of hydrogen-bond donors (Lipinski definition) is 1. The van der Waals surface area contributed by atoms with Crippen LogP contribution in [-0.2, 0) is 10.0 Å². The van der Waals surface area contributed by atoms with E-state index in [1.54, 1.807) is 24.3 Å². The summed E-state index contributed by atoms with van der Waals surface area (Å²) in [5.41, 5.74) is 4.36. The van der Waals surface area contributed by atoms with Crippen LogP contribution < -0.4 is 4.72 Å². The van der Waals surface area contributed by atoms with Gasteiger partial charge in [0.15, 0.2) is 0 Å². The number of rotatable bonds is 4. The first kappa shape index (κ1) is 16.3. The summed E-state index contributed by atoms with van der Waals surface area (Å²) in [7, 11) is -3.63. The van der Waals surface area contributed by atoms with Crippen molar-refractivity contribution in [1.29, 1.82) is 0 Å². The second-order valence-electron chi connectivity index (χ2n) is 5.78. The maximum atomic E-state index is 12.7. The average Bonchev–Trinajstić information content (AvgIpc) is 2.58. The minimum atomic E-state index is -3.63. The topological polar surface area (TPSA) is 46.2 Å². The van der Waals surface area contributed by atoms with Crippen LogP contribution in [0.4, 0.5) is 5.69 Å². The minimum Gasteiger partial charge on any atom is -0.279 e. The van der Waals surface area contributed by atoms with Gasteiger partial charge in [-0.3, -0.25) is 4.72 Å². The molecule has 3 aromatic carbocycles. The number of para-hydroxylation sites is 1. The van der Waals surface area contributed by atoms with Gasteiger partial charge in [0.25, 0.3) is 10.0 Å². The molecule has 1 N–H and O–H groups in total. The molecule has 3 nitrogen and oxygen atoms in total. The predicted molar refractivity (Wildman–Crippen MR) is 98.6 cm³/mol. The molecule has 3 aromatic rings. The molecule has 4 heteroatoms. The van der Waals surface area contributed by atoms with Crippen molar-refractivity contribution in [2.75, 3.05) is 4.72 Å². The molecule has 0 heterocycles. The van der Waals surface area contributed by atoms with Crippen LogP contribution >= 0.6 is 0 Å². The van der Waals surface area contributed by atoms with Gasteiger partial charge in [0.1, 0.15) is 0 Å². The van der Waals surface area contributed by atoms with Gasteiger partial charge >= 0.3 is 0 Å². The van der Waals surface area contributed by atoms with Gasteiger partial charge in [0, 0.05) is 5.56 Å². The normalized spacial score (nSPS) is 11.2. The van der Waals surface area contributed by atoms with Gasteiger partial charge in [0.2, 0.25) is 0 Å². The van der Waals surface area contributed by atoms with E-state index >= 15 is 0 Å². The third-order valence-corrected chi connectivity index (χ3v) is 5.29. The standard InChI is InChI=1S/C20H19NO2S/c1-15-11-13-18(14-12-15)24(22,23)21-20-16(2)7-6-10-19(20)17-8-4-3-5-9-17/h3-14,21H,1-2H3. The first-order chi connectivity index (χ1) is 11.5. The number of benzene rings is 3. The molecule has 3 rings (SSSR count). The third kappa shape index (κ3) is 3.34. The predicted octanol–water partition coefficient (Wildman–Crippen LogP) is 4.77. The Morgan fingerprint density at radius 1 is 0.750 bits per heavy atom. The first-order valence-corrected chi connectivity index (χ1v) is 9.20. The zero-order chi connectivity index (χ0) is 17.2. The van der Waals surface area contributed by atoms with Crippen molar-refractivity contribution in [2.45, 2.75) is 18.7 Å². The van der Waals surface area contributed by atoms with Crippen molar-refractivity contribution >= 4 is 15.7 Å². The number of nitrogens with one attached hydrogen (secondary N) is 1. The second-order valence-corrected chi connectivity index (χ2v) is 7.46. The van der Waals surface area contributed by atoms with Crippen molar-refractivity contribution in [3.05, 3.63) is 83.9 Å². The van der Waals surface area contributed by atoms with Gasteiger partial charge in [-0.05, 0) is 37.1 Å². The quantitative estimate of drug-likeness (QED) is 0.745. The lowest BCUT2D eigenvalue weighted by atomic mass is 10.0. The minimum absolute atomic E-state index is 0.260.